The number of carbonyl (C=O) groups excluding carboxylic acids is 1. The Morgan fingerprint density at radius 1 is 1.29 bits per heavy atom. The number of aryl methyl sites for hydroxylation is 1. The van der Waals surface area contributed by atoms with Crippen LogP contribution in [0.15, 0.2) is 24.3 Å². The predicted molar refractivity (Wildman–Crippen MR) is 84.5 cm³/mol. The molecule has 1 aliphatic heterocycles. The van der Waals surface area contributed by atoms with Crippen LogP contribution in [-0.2, 0) is 16.0 Å². The summed E-state index contributed by atoms with van der Waals surface area (Å²) in [7, 11) is 0. The smallest absolute Gasteiger partial charge is 0.249 e. The SMILES string of the molecule is Cl.NC[C@H]1CC[C@@H](C(=O)NC2CCCc3ccccc32)O1. The van der Waals surface area contributed by atoms with E-state index in [0.717, 1.165) is 32.1 Å². The lowest BCUT2D eigenvalue weighted by molar-refractivity contribution is -0.132. The third-order valence-corrected chi connectivity index (χ3v) is 4.35. The molecule has 1 aliphatic carbocycles. The first kappa shape index (κ1) is 16.3. The third kappa shape index (κ3) is 3.57. The van der Waals surface area contributed by atoms with E-state index in [1.165, 1.54) is 11.1 Å². The molecular formula is C16H23ClN2O2. The van der Waals surface area contributed by atoms with Crippen LogP contribution in [-0.4, -0.2) is 24.7 Å². The second kappa shape index (κ2) is 7.25. The van der Waals surface area contributed by atoms with Crippen LogP contribution in [0.5, 0.6) is 0 Å². The zero-order chi connectivity index (χ0) is 13.9. The van der Waals surface area contributed by atoms with E-state index >= 15 is 0 Å². The second-order valence-electron chi connectivity index (χ2n) is 5.71. The van der Waals surface area contributed by atoms with Crippen LogP contribution in [0, 0.1) is 0 Å². The van der Waals surface area contributed by atoms with Crippen molar-refractivity contribution in [3.05, 3.63) is 35.4 Å². The minimum Gasteiger partial charge on any atom is -0.364 e. The van der Waals surface area contributed by atoms with E-state index in [-0.39, 0.29) is 36.6 Å². The molecule has 1 heterocycles. The van der Waals surface area contributed by atoms with Gasteiger partial charge in [0.2, 0.25) is 5.91 Å². The summed E-state index contributed by atoms with van der Waals surface area (Å²) in [5.74, 6) is 0.0163. The van der Waals surface area contributed by atoms with E-state index in [1.807, 2.05) is 6.07 Å². The van der Waals surface area contributed by atoms with E-state index < -0.39 is 0 Å². The maximum atomic E-state index is 12.3. The first-order chi connectivity index (χ1) is 9.78. The van der Waals surface area contributed by atoms with Crippen molar-refractivity contribution in [3.63, 3.8) is 0 Å². The summed E-state index contributed by atoms with van der Waals surface area (Å²) in [5.41, 5.74) is 8.21. The Hall–Kier alpha value is -1.10. The normalized spacial score (nSPS) is 27.6. The van der Waals surface area contributed by atoms with Crippen molar-refractivity contribution >= 4 is 18.3 Å². The van der Waals surface area contributed by atoms with Gasteiger partial charge in [-0.25, -0.2) is 0 Å². The first-order valence-electron chi connectivity index (χ1n) is 7.51. The maximum Gasteiger partial charge on any atom is 0.249 e. The van der Waals surface area contributed by atoms with Crippen molar-refractivity contribution in [2.45, 2.75) is 50.4 Å². The summed E-state index contributed by atoms with van der Waals surface area (Å²) in [6, 6.07) is 8.52. The van der Waals surface area contributed by atoms with E-state index in [4.69, 9.17) is 10.5 Å². The Labute approximate surface area is 131 Å². The van der Waals surface area contributed by atoms with E-state index in [2.05, 4.69) is 23.5 Å². The number of hydrogen-bond donors (Lipinski definition) is 2. The number of carbonyl (C=O) groups is 1. The first-order valence-corrected chi connectivity index (χ1v) is 7.51. The highest BCUT2D eigenvalue weighted by molar-refractivity contribution is 5.85. The Morgan fingerprint density at radius 3 is 2.86 bits per heavy atom. The third-order valence-electron chi connectivity index (χ3n) is 4.35. The summed E-state index contributed by atoms with van der Waals surface area (Å²) < 4.78 is 5.66. The Balaban J connectivity index is 0.00000161. The van der Waals surface area contributed by atoms with Crippen molar-refractivity contribution in [1.29, 1.82) is 0 Å². The monoisotopic (exact) mass is 310 g/mol. The molecule has 1 fully saturated rings. The van der Waals surface area contributed by atoms with E-state index in [9.17, 15) is 4.79 Å². The fraction of sp³-hybridized carbons (Fsp3) is 0.562. The molecule has 3 atom stereocenters. The molecule has 1 aromatic rings. The lowest BCUT2D eigenvalue weighted by Crippen LogP contribution is -2.38. The molecule has 1 aromatic carbocycles. The summed E-state index contributed by atoms with van der Waals surface area (Å²) in [4.78, 5) is 12.3. The molecule has 116 valence electrons. The van der Waals surface area contributed by atoms with Gasteiger partial charge in [-0.1, -0.05) is 24.3 Å². The van der Waals surface area contributed by atoms with Crippen LogP contribution in [0.3, 0.4) is 0 Å². The van der Waals surface area contributed by atoms with Crippen molar-refractivity contribution in [1.82, 2.24) is 5.32 Å². The van der Waals surface area contributed by atoms with Gasteiger partial charge in [-0.15, -0.1) is 12.4 Å². The van der Waals surface area contributed by atoms with Gasteiger partial charge < -0.3 is 15.8 Å². The largest absolute Gasteiger partial charge is 0.364 e. The number of rotatable bonds is 3. The zero-order valence-electron chi connectivity index (χ0n) is 12.1. The lowest BCUT2D eigenvalue weighted by atomic mass is 9.87. The van der Waals surface area contributed by atoms with Crippen LogP contribution in [0.1, 0.15) is 42.9 Å². The molecule has 0 radical (unpaired) electrons. The average Bonchev–Trinajstić information content (AvgIpc) is 2.97. The molecule has 1 amide bonds. The molecule has 0 spiro atoms. The van der Waals surface area contributed by atoms with Gasteiger partial charge in [-0.2, -0.15) is 0 Å². The topological polar surface area (TPSA) is 64.4 Å². The lowest BCUT2D eigenvalue weighted by Gasteiger charge is -2.27. The van der Waals surface area contributed by atoms with Gasteiger partial charge in [0.05, 0.1) is 12.1 Å². The Morgan fingerprint density at radius 2 is 2.10 bits per heavy atom. The maximum absolute atomic E-state index is 12.3. The molecule has 3 N–H and O–H groups in total. The molecule has 3 rings (SSSR count). The number of benzene rings is 1. The number of ether oxygens (including phenoxy) is 1. The highest BCUT2D eigenvalue weighted by atomic mass is 35.5. The van der Waals surface area contributed by atoms with E-state index in [0.29, 0.717) is 6.54 Å². The highest BCUT2D eigenvalue weighted by Crippen LogP contribution is 2.30. The van der Waals surface area contributed by atoms with Gasteiger partial charge in [-0.05, 0) is 43.2 Å². The molecular weight excluding hydrogens is 288 g/mol. The van der Waals surface area contributed by atoms with Crippen LogP contribution in [0.2, 0.25) is 0 Å². The molecule has 0 aromatic heterocycles. The van der Waals surface area contributed by atoms with E-state index in [1.54, 1.807) is 0 Å². The molecule has 4 nitrogen and oxygen atoms in total. The molecule has 0 saturated carbocycles. The number of nitrogens with one attached hydrogen (secondary N) is 1. The molecule has 1 saturated heterocycles. The van der Waals surface area contributed by atoms with Crippen molar-refractivity contribution in [2.75, 3.05) is 6.54 Å². The van der Waals surface area contributed by atoms with Crippen LogP contribution in [0.25, 0.3) is 0 Å². The van der Waals surface area contributed by atoms with Gasteiger partial charge in [0.15, 0.2) is 0 Å². The van der Waals surface area contributed by atoms with Crippen LogP contribution >= 0.6 is 12.4 Å². The predicted octanol–water partition coefficient (Wildman–Crippen LogP) is 2.11. The van der Waals surface area contributed by atoms with Gasteiger partial charge >= 0.3 is 0 Å². The quantitative estimate of drug-likeness (QED) is 0.898. The van der Waals surface area contributed by atoms with Gasteiger partial charge in [0.25, 0.3) is 0 Å². The molecule has 5 heteroatoms. The van der Waals surface area contributed by atoms with Gasteiger partial charge in [-0.3, -0.25) is 4.79 Å². The molecule has 21 heavy (non-hydrogen) atoms. The number of fused-ring (bicyclic) bond motifs is 1. The Kier molecular flexibility index (Phi) is 5.62. The van der Waals surface area contributed by atoms with Crippen LogP contribution in [0.4, 0.5) is 0 Å². The summed E-state index contributed by atoms with van der Waals surface area (Å²) in [6.07, 6.45) is 4.63. The number of nitrogens with two attached hydrogens (primary N) is 1. The fourth-order valence-electron chi connectivity index (χ4n) is 3.24. The summed E-state index contributed by atoms with van der Waals surface area (Å²) in [6.45, 7) is 0.496. The average molecular weight is 311 g/mol. The van der Waals surface area contributed by atoms with Crippen molar-refractivity contribution in [2.24, 2.45) is 5.73 Å². The molecule has 2 aliphatic rings. The Bertz CT molecular complexity index is 495. The summed E-state index contributed by atoms with van der Waals surface area (Å²) >= 11 is 0. The molecule has 1 unspecified atom stereocenters. The zero-order valence-corrected chi connectivity index (χ0v) is 12.9. The minimum atomic E-state index is -0.322. The highest BCUT2D eigenvalue weighted by Gasteiger charge is 2.32. The van der Waals surface area contributed by atoms with Gasteiger partial charge in [0.1, 0.15) is 6.10 Å². The summed E-state index contributed by atoms with van der Waals surface area (Å²) in [5, 5.41) is 3.16. The standard InChI is InChI=1S/C16H22N2O2.ClH/c17-10-12-8-9-15(20-12)16(19)18-14-7-3-5-11-4-1-2-6-13(11)14;/h1-2,4,6,12,14-15H,3,5,7-10,17H2,(H,18,19);1H/t12-,14?,15+;/m1./s1. The van der Waals surface area contributed by atoms with Gasteiger partial charge in [0, 0.05) is 6.54 Å². The van der Waals surface area contributed by atoms with Crippen molar-refractivity contribution in [3.8, 4) is 0 Å². The number of hydrogen-bond acceptors (Lipinski definition) is 3. The minimum absolute atomic E-state index is 0. The second-order valence-corrected chi connectivity index (χ2v) is 5.71. The van der Waals surface area contributed by atoms with Crippen molar-refractivity contribution < 1.29 is 9.53 Å². The fourth-order valence-corrected chi connectivity index (χ4v) is 3.24. The molecule has 0 bridgehead atoms. The van der Waals surface area contributed by atoms with Crippen LogP contribution < -0.4 is 11.1 Å². The number of amides is 1. The number of halogens is 1.